The van der Waals surface area contributed by atoms with Gasteiger partial charge in [0.1, 0.15) is 5.65 Å². The number of aliphatic imine (C=N–C) groups is 1. The second-order valence-corrected chi connectivity index (χ2v) is 4.67. The van der Waals surface area contributed by atoms with Crippen molar-refractivity contribution >= 4 is 17.5 Å². The fourth-order valence-electron chi connectivity index (χ4n) is 1.64. The zero-order valence-corrected chi connectivity index (χ0v) is 9.56. The Bertz CT molecular complexity index is 571. The topological polar surface area (TPSA) is 46.7 Å². The average Bonchev–Trinajstić information content (AvgIpc) is 2.58. The maximum atomic E-state index is 10.5. The second-order valence-electron chi connectivity index (χ2n) is 4.67. The highest BCUT2D eigenvalue weighted by Gasteiger charge is 2.23. The van der Waals surface area contributed by atoms with Crippen LogP contribution in [0.25, 0.3) is 5.65 Å². The lowest BCUT2D eigenvalue weighted by Crippen LogP contribution is -2.11. The van der Waals surface area contributed by atoms with Crippen molar-refractivity contribution in [2.24, 2.45) is 4.99 Å². The van der Waals surface area contributed by atoms with Gasteiger partial charge >= 0.3 is 0 Å². The maximum Gasteiger partial charge on any atom is 0.242 e. The summed E-state index contributed by atoms with van der Waals surface area (Å²) in [5.74, 6) is 0.568. The van der Waals surface area contributed by atoms with E-state index in [1.807, 2.05) is 45.2 Å². The van der Waals surface area contributed by atoms with Gasteiger partial charge in [0.15, 0.2) is 5.82 Å². The monoisotopic (exact) mass is 215 g/mol. The van der Waals surface area contributed by atoms with Crippen LogP contribution in [0.3, 0.4) is 0 Å². The molecule has 0 aromatic carbocycles. The molecule has 0 saturated heterocycles. The number of fused-ring (bicyclic) bond motifs is 1. The van der Waals surface area contributed by atoms with Crippen molar-refractivity contribution in [2.45, 2.75) is 26.2 Å². The van der Waals surface area contributed by atoms with Crippen molar-refractivity contribution in [1.82, 2.24) is 9.38 Å². The normalized spacial score (nSPS) is 11.4. The Kier molecular flexibility index (Phi) is 2.37. The molecule has 0 fully saturated rings. The smallest absolute Gasteiger partial charge is 0.242 e. The number of pyridine rings is 1. The van der Waals surface area contributed by atoms with Crippen LogP contribution >= 0.6 is 0 Å². The third-order valence-corrected chi connectivity index (χ3v) is 2.37. The summed E-state index contributed by atoms with van der Waals surface area (Å²) >= 11 is 0. The first-order chi connectivity index (χ1) is 7.54. The van der Waals surface area contributed by atoms with Gasteiger partial charge in [-0.2, -0.15) is 0 Å². The summed E-state index contributed by atoms with van der Waals surface area (Å²) in [7, 11) is 0. The molecule has 0 aliphatic carbocycles. The first-order valence-corrected chi connectivity index (χ1v) is 5.09. The van der Waals surface area contributed by atoms with Crippen molar-refractivity contribution in [3.63, 3.8) is 0 Å². The second kappa shape index (κ2) is 3.58. The van der Waals surface area contributed by atoms with Crippen LogP contribution in [-0.2, 0) is 10.2 Å². The minimum absolute atomic E-state index is 0.151. The molecule has 16 heavy (non-hydrogen) atoms. The van der Waals surface area contributed by atoms with Crippen LogP contribution < -0.4 is 0 Å². The minimum Gasteiger partial charge on any atom is -0.284 e. The van der Waals surface area contributed by atoms with Gasteiger partial charge in [-0.3, -0.25) is 4.40 Å². The molecule has 2 heterocycles. The molecule has 0 radical (unpaired) electrons. The Morgan fingerprint density at radius 3 is 2.75 bits per heavy atom. The highest BCUT2D eigenvalue weighted by atomic mass is 16.1. The molecule has 4 heteroatoms. The van der Waals surface area contributed by atoms with E-state index in [1.54, 1.807) is 10.5 Å². The van der Waals surface area contributed by atoms with E-state index in [0.29, 0.717) is 5.82 Å². The summed E-state index contributed by atoms with van der Waals surface area (Å²) in [6.45, 7) is 6.12. The van der Waals surface area contributed by atoms with Gasteiger partial charge in [-0.15, -0.1) is 4.99 Å². The maximum absolute atomic E-state index is 10.5. The van der Waals surface area contributed by atoms with Crippen molar-refractivity contribution in [3.8, 4) is 0 Å². The van der Waals surface area contributed by atoms with Crippen molar-refractivity contribution in [2.75, 3.05) is 0 Å². The average molecular weight is 215 g/mol. The largest absolute Gasteiger partial charge is 0.284 e. The van der Waals surface area contributed by atoms with Gasteiger partial charge in [0, 0.05) is 11.6 Å². The number of rotatable bonds is 1. The Morgan fingerprint density at radius 1 is 1.38 bits per heavy atom. The van der Waals surface area contributed by atoms with E-state index in [4.69, 9.17) is 0 Å². The molecule has 0 atom stereocenters. The third kappa shape index (κ3) is 1.64. The van der Waals surface area contributed by atoms with Crippen LogP contribution in [0.1, 0.15) is 26.5 Å². The molecule has 0 amide bonds. The molecule has 4 nitrogen and oxygen atoms in total. The molecular weight excluding hydrogens is 202 g/mol. The fourth-order valence-corrected chi connectivity index (χ4v) is 1.64. The number of carbonyl (C=O) groups excluding carboxylic acids is 1. The lowest BCUT2D eigenvalue weighted by Gasteiger charge is -2.15. The molecular formula is C12H13N3O. The Hall–Kier alpha value is -1.93. The van der Waals surface area contributed by atoms with E-state index in [1.165, 1.54) is 0 Å². The number of aromatic nitrogens is 2. The number of hydrogen-bond acceptors (Lipinski definition) is 3. The summed E-state index contributed by atoms with van der Waals surface area (Å²) in [6, 6.07) is 5.67. The summed E-state index contributed by atoms with van der Waals surface area (Å²) in [5, 5.41) is 0. The lowest BCUT2D eigenvalue weighted by atomic mass is 9.92. The van der Waals surface area contributed by atoms with Crippen LogP contribution in [-0.4, -0.2) is 15.5 Å². The first kappa shape index (κ1) is 10.6. The van der Waals surface area contributed by atoms with E-state index in [-0.39, 0.29) is 5.41 Å². The molecule has 2 aromatic rings. The third-order valence-electron chi connectivity index (χ3n) is 2.37. The number of isocyanates is 1. The molecule has 0 aliphatic heterocycles. The van der Waals surface area contributed by atoms with Crippen LogP contribution in [0.4, 0.5) is 5.82 Å². The molecule has 82 valence electrons. The predicted molar refractivity (Wildman–Crippen MR) is 61.7 cm³/mol. The van der Waals surface area contributed by atoms with E-state index in [0.717, 1.165) is 11.3 Å². The predicted octanol–water partition coefficient (Wildman–Crippen LogP) is 2.60. The summed E-state index contributed by atoms with van der Waals surface area (Å²) in [6.07, 6.45) is 3.43. The highest BCUT2D eigenvalue weighted by Crippen LogP contribution is 2.31. The molecule has 0 bridgehead atoms. The van der Waals surface area contributed by atoms with Gasteiger partial charge in [0.05, 0.1) is 5.69 Å². The van der Waals surface area contributed by atoms with Gasteiger partial charge in [0.25, 0.3) is 0 Å². The highest BCUT2D eigenvalue weighted by molar-refractivity contribution is 5.57. The molecule has 0 saturated carbocycles. The van der Waals surface area contributed by atoms with Gasteiger partial charge < -0.3 is 0 Å². The zero-order valence-electron chi connectivity index (χ0n) is 9.56. The van der Waals surface area contributed by atoms with Crippen LogP contribution in [0.5, 0.6) is 0 Å². The quantitative estimate of drug-likeness (QED) is 0.542. The number of hydrogen-bond donors (Lipinski definition) is 0. The Labute approximate surface area is 93.7 Å². The zero-order chi connectivity index (χ0) is 11.8. The van der Waals surface area contributed by atoms with Crippen LogP contribution in [0.15, 0.2) is 29.4 Å². The Balaban J connectivity index is 2.83. The molecule has 0 N–H and O–H groups in total. The van der Waals surface area contributed by atoms with Crippen molar-refractivity contribution in [1.29, 1.82) is 0 Å². The standard InChI is InChI=1S/C12H13N3O/c1-12(2,3)10-11(13-8-16)15-7-5-4-6-9(15)14-10/h4-7H,1-3H3. The minimum atomic E-state index is -0.151. The molecule has 2 aromatic heterocycles. The summed E-state index contributed by atoms with van der Waals surface area (Å²) in [4.78, 5) is 18.7. The van der Waals surface area contributed by atoms with E-state index >= 15 is 0 Å². The van der Waals surface area contributed by atoms with Gasteiger partial charge in [0.2, 0.25) is 6.08 Å². The van der Waals surface area contributed by atoms with Crippen molar-refractivity contribution in [3.05, 3.63) is 30.1 Å². The SMILES string of the molecule is CC(C)(C)c1nc2ccccn2c1N=C=O. The van der Waals surface area contributed by atoms with Crippen molar-refractivity contribution < 1.29 is 4.79 Å². The van der Waals surface area contributed by atoms with E-state index in [9.17, 15) is 4.79 Å². The lowest BCUT2D eigenvalue weighted by molar-refractivity contribution is 0.562. The first-order valence-electron chi connectivity index (χ1n) is 5.09. The fraction of sp³-hybridized carbons (Fsp3) is 0.333. The Morgan fingerprint density at radius 2 is 2.12 bits per heavy atom. The van der Waals surface area contributed by atoms with Gasteiger partial charge in [-0.25, -0.2) is 9.78 Å². The van der Waals surface area contributed by atoms with Gasteiger partial charge in [-0.1, -0.05) is 26.8 Å². The summed E-state index contributed by atoms with van der Waals surface area (Å²) < 4.78 is 1.80. The van der Waals surface area contributed by atoms with E-state index < -0.39 is 0 Å². The summed E-state index contributed by atoms with van der Waals surface area (Å²) in [5.41, 5.74) is 1.45. The number of imidazole rings is 1. The molecule has 0 unspecified atom stereocenters. The molecule has 0 aliphatic rings. The van der Waals surface area contributed by atoms with Crippen LogP contribution in [0.2, 0.25) is 0 Å². The molecule has 0 spiro atoms. The van der Waals surface area contributed by atoms with E-state index in [2.05, 4.69) is 9.98 Å². The number of nitrogens with zero attached hydrogens (tertiary/aromatic N) is 3. The molecule has 2 rings (SSSR count). The van der Waals surface area contributed by atoms with Gasteiger partial charge in [-0.05, 0) is 12.1 Å². The van der Waals surface area contributed by atoms with Crippen LogP contribution in [0, 0.1) is 0 Å².